The van der Waals surface area contributed by atoms with E-state index >= 15 is 0 Å². The topological polar surface area (TPSA) is 93.5 Å². The highest BCUT2D eigenvalue weighted by molar-refractivity contribution is 7.15. The molecule has 148 valence electrons. The minimum absolute atomic E-state index is 0.0562. The second-order valence-electron chi connectivity index (χ2n) is 5.61. The zero-order valence-electron chi connectivity index (χ0n) is 15.5. The Labute approximate surface area is 172 Å². The molecule has 0 aliphatic carbocycles. The maximum Gasteiger partial charge on any atom is 0.350 e. The summed E-state index contributed by atoms with van der Waals surface area (Å²) in [5.74, 6) is 0.0523. The fraction of sp³-hybridized carbons (Fsp3) is 0.316. The highest BCUT2D eigenvalue weighted by atomic mass is 35.5. The van der Waals surface area contributed by atoms with Gasteiger partial charge in [-0.05, 0) is 24.6 Å². The Kier molecular flexibility index (Phi) is 8.75. The van der Waals surface area contributed by atoms with Crippen molar-refractivity contribution in [1.29, 1.82) is 5.26 Å². The Morgan fingerprint density at radius 3 is 2.68 bits per heavy atom. The molecule has 1 aromatic heterocycles. The maximum atomic E-state index is 11.9. The lowest BCUT2D eigenvalue weighted by atomic mass is 10.2. The standard InChI is InChI=1S/C19H20ClN3O4S/c1-13(17(9-21)18(24)26-8-7-25-2)22-10-14-3-5-15(6-4-14)27-12-16-11-23-19(20)28-16/h3-6,11,22H,7-8,10,12H2,1-2H3/b17-13-. The third-order valence-corrected chi connectivity index (χ3v) is 4.69. The van der Waals surface area contributed by atoms with Crippen LogP contribution < -0.4 is 10.1 Å². The fourth-order valence-electron chi connectivity index (χ4n) is 2.10. The first kappa shape index (κ1) is 21.7. The number of nitrogens with zero attached hydrogens (tertiary/aromatic N) is 2. The Morgan fingerprint density at radius 2 is 2.07 bits per heavy atom. The molecule has 2 aromatic rings. The number of nitrogens with one attached hydrogen (secondary N) is 1. The van der Waals surface area contributed by atoms with Crippen molar-refractivity contribution >= 4 is 28.9 Å². The van der Waals surface area contributed by atoms with Crippen molar-refractivity contribution in [2.45, 2.75) is 20.1 Å². The normalized spacial score (nSPS) is 11.4. The van der Waals surface area contributed by atoms with E-state index in [-0.39, 0.29) is 18.8 Å². The summed E-state index contributed by atoms with van der Waals surface area (Å²) < 4.78 is 16.0. The van der Waals surface area contributed by atoms with Gasteiger partial charge in [0.05, 0.1) is 11.5 Å². The first-order chi connectivity index (χ1) is 13.5. The van der Waals surface area contributed by atoms with Crippen LogP contribution in [0.5, 0.6) is 5.75 Å². The number of benzene rings is 1. The Bertz CT molecular complexity index is 859. The minimum atomic E-state index is -0.670. The van der Waals surface area contributed by atoms with E-state index in [9.17, 15) is 10.1 Å². The van der Waals surface area contributed by atoms with Gasteiger partial charge in [0.2, 0.25) is 0 Å². The number of carbonyl (C=O) groups is 1. The van der Waals surface area contributed by atoms with Crippen molar-refractivity contribution in [3.05, 3.63) is 56.6 Å². The van der Waals surface area contributed by atoms with Gasteiger partial charge in [0.1, 0.15) is 25.0 Å². The van der Waals surface area contributed by atoms with E-state index in [0.717, 1.165) is 16.2 Å². The molecule has 0 bridgehead atoms. The van der Waals surface area contributed by atoms with E-state index in [2.05, 4.69) is 10.3 Å². The van der Waals surface area contributed by atoms with Crippen LogP contribution in [0.25, 0.3) is 0 Å². The zero-order chi connectivity index (χ0) is 20.4. The largest absolute Gasteiger partial charge is 0.488 e. The lowest BCUT2D eigenvalue weighted by molar-refractivity contribution is -0.139. The predicted octanol–water partition coefficient (Wildman–Crippen LogP) is 3.45. The molecule has 2 rings (SSSR count). The van der Waals surface area contributed by atoms with Crippen molar-refractivity contribution in [2.24, 2.45) is 0 Å². The second-order valence-corrected chi connectivity index (χ2v) is 7.30. The average Bonchev–Trinajstić information content (AvgIpc) is 3.11. The summed E-state index contributed by atoms with van der Waals surface area (Å²) >= 11 is 7.17. The lowest BCUT2D eigenvalue weighted by Crippen LogP contribution is -2.18. The molecule has 0 unspecified atom stereocenters. The van der Waals surface area contributed by atoms with Crippen molar-refractivity contribution in [1.82, 2.24) is 10.3 Å². The first-order valence-electron chi connectivity index (χ1n) is 8.36. The van der Waals surface area contributed by atoms with Crippen LogP contribution in [0.4, 0.5) is 0 Å². The highest BCUT2D eigenvalue weighted by Gasteiger charge is 2.14. The summed E-state index contributed by atoms with van der Waals surface area (Å²) in [6.45, 7) is 2.89. The summed E-state index contributed by atoms with van der Waals surface area (Å²) in [4.78, 5) is 16.8. The number of carbonyl (C=O) groups excluding carboxylic acids is 1. The smallest absolute Gasteiger partial charge is 0.350 e. The van der Waals surface area contributed by atoms with E-state index in [0.29, 0.717) is 23.3 Å². The van der Waals surface area contributed by atoms with Gasteiger partial charge < -0.3 is 19.5 Å². The SMILES string of the molecule is COCCOC(=O)/C(C#N)=C(/C)NCc1ccc(OCc2cnc(Cl)s2)cc1. The van der Waals surface area contributed by atoms with Gasteiger partial charge in [-0.1, -0.05) is 23.7 Å². The van der Waals surface area contributed by atoms with Gasteiger partial charge in [-0.2, -0.15) is 5.26 Å². The van der Waals surface area contributed by atoms with Gasteiger partial charge >= 0.3 is 5.97 Å². The monoisotopic (exact) mass is 421 g/mol. The van der Waals surface area contributed by atoms with Crippen LogP contribution in [0.2, 0.25) is 4.47 Å². The van der Waals surface area contributed by atoms with E-state index < -0.39 is 5.97 Å². The number of ether oxygens (including phenoxy) is 3. The number of halogens is 1. The lowest BCUT2D eigenvalue weighted by Gasteiger charge is -2.10. The van der Waals surface area contributed by atoms with Crippen LogP contribution in [-0.4, -0.2) is 31.3 Å². The number of aromatic nitrogens is 1. The molecule has 1 heterocycles. The number of nitriles is 1. The van der Waals surface area contributed by atoms with Crippen LogP contribution in [-0.2, 0) is 27.4 Å². The quantitative estimate of drug-likeness (QED) is 0.272. The van der Waals surface area contributed by atoms with Crippen LogP contribution in [0.1, 0.15) is 17.4 Å². The third kappa shape index (κ3) is 6.85. The predicted molar refractivity (Wildman–Crippen MR) is 106 cm³/mol. The minimum Gasteiger partial charge on any atom is -0.488 e. The molecule has 28 heavy (non-hydrogen) atoms. The number of thiazole rings is 1. The summed E-state index contributed by atoms with van der Waals surface area (Å²) in [7, 11) is 1.51. The van der Waals surface area contributed by atoms with Crippen molar-refractivity contribution in [2.75, 3.05) is 20.3 Å². The van der Waals surface area contributed by atoms with Crippen LogP contribution in [0.3, 0.4) is 0 Å². The number of esters is 1. The Balaban J connectivity index is 1.87. The second kappa shape index (κ2) is 11.3. The van der Waals surface area contributed by atoms with E-state index in [1.165, 1.54) is 18.4 Å². The molecule has 0 saturated heterocycles. The molecule has 0 fully saturated rings. The Morgan fingerprint density at radius 1 is 1.32 bits per heavy atom. The van der Waals surface area contributed by atoms with E-state index in [4.69, 9.17) is 25.8 Å². The van der Waals surface area contributed by atoms with Crippen molar-refractivity contribution < 1.29 is 19.0 Å². The highest BCUT2D eigenvalue weighted by Crippen LogP contribution is 2.20. The molecule has 1 N–H and O–H groups in total. The molecule has 0 aliphatic heterocycles. The van der Waals surface area contributed by atoms with Gasteiger partial charge in [0.25, 0.3) is 0 Å². The number of hydrogen-bond donors (Lipinski definition) is 1. The molecular weight excluding hydrogens is 402 g/mol. The molecule has 0 radical (unpaired) electrons. The molecule has 1 aromatic carbocycles. The van der Waals surface area contributed by atoms with Gasteiger partial charge in [-0.3, -0.25) is 0 Å². The number of allylic oxidation sites excluding steroid dienone is 1. The van der Waals surface area contributed by atoms with Gasteiger partial charge in [0, 0.05) is 25.5 Å². The molecule has 7 nitrogen and oxygen atoms in total. The summed E-state index contributed by atoms with van der Waals surface area (Å²) in [5, 5.41) is 12.3. The number of rotatable bonds is 10. The molecule has 0 aliphatic rings. The third-order valence-electron chi connectivity index (χ3n) is 3.60. The number of methoxy groups -OCH3 is 1. The van der Waals surface area contributed by atoms with Crippen LogP contribution in [0, 0.1) is 11.3 Å². The van der Waals surface area contributed by atoms with Gasteiger partial charge in [-0.15, -0.1) is 11.3 Å². The maximum absolute atomic E-state index is 11.9. The Hall–Kier alpha value is -2.60. The van der Waals surface area contributed by atoms with Gasteiger partial charge in [-0.25, -0.2) is 9.78 Å². The van der Waals surface area contributed by atoms with Crippen molar-refractivity contribution in [3.8, 4) is 11.8 Å². The van der Waals surface area contributed by atoms with Crippen LogP contribution >= 0.6 is 22.9 Å². The fourth-order valence-corrected chi connectivity index (χ4v) is 2.99. The number of hydrogen-bond acceptors (Lipinski definition) is 8. The summed E-state index contributed by atoms with van der Waals surface area (Å²) in [6.07, 6.45) is 1.69. The average molecular weight is 422 g/mol. The van der Waals surface area contributed by atoms with E-state index in [1.54, 1.807) is 13.1 Å². The summed E-state index contributed by atoms with van der Waals surface area (Å²) in [6, 6.07) is 9.38. The summed E-state index contributed by atoms with van der Waals surface area (Å²) in [5.41, 5.74) is 1.36. The molecule has 0 saturated carbocycles. The first-order valence-corrected chi connectivity index (χ1v) is 9.55. The zero-order valence-corrected chi connectivity index (χ0v) is 17.1. The van der Waals surface area contributed by atoms with E-state index in [1.807, 2.05) is 30.3 Å². The molecular formula is C19H20ClN3O4S. The molecule has 0 spiro atoms. The molecule has 0 amide bonds. The molecule has 9 heteroatoms. The van der Waals surface area contributed by atoms with Crippen molar-refractivity contribution in [3.63, 3.8) is 0 Å². The van der Waals surface area contributed by atoms with Crippen LogP contribution in [0.15, 0.2) is 41.7 Å². The molecule has 0 atom stereocenters. The van der Waals surface area contributed by atoms with Gasteiger partial charge in [0.15, 0.2) is 10.0 Å².